The standard InChI is InChI=1S/C16H24BrN3S/c1-5-12-16(17)14(20(7-3)19-12)10-13(18-6-2)15-9-8-11(4)21-15/h8-9,13,18H,5-7,10H2,1-4H3. The molecule has 0 aromatic carbocycles. The van der Waals surface area contributed by atoms with E-state index < -0.39 is 0 Å². The number of rotatable bonds is 7. The van der Waals surface area contributed by atoms with Crippen molar-refractivity contribution < 1.29 is 0 Å². The molecule has 0 aliphatic heterocycles. The molecule has 1 unspecified atom stereocenters. The number of nitrogens with zero attached hydrogens (tertiary/aromatic N) is 2. The second kappa shape index (κ2) is 7.56. The van der Waals surface area contributed by atoms with Gasteiger partial charge in [0.2, 0.25) is 0 Å². The summed E-state index contributed by atoms with van der Waals surface area (Å²) in [4.78, 5) is 2.77. The van der Waals surface area contributed by atoms with Gasteiger partial charge in [0.05, 0.1) is 15.9 Å². The first-order valence-electron chi connectivity index (χ1n) is 7.64. The summed E-state index contributed by atoms with van der Waals surface area (Å²) in [5, 5.41) is 8.32. The van der Waals surface area contributed by atoms with Crippen LogP contribution >= 0.6 is 27.3 Å². The molecule has 0 fully saturated rings. The summed E-state index contributed by atoms with van der Waals surface area (Å²) in [5.74, 6) is 0. The highest BCUT2D eigenvalue weighted by Gasteiger charge is 2.20. The Bertz CT molecular complexity index is 588. The molecular weight excluding hydrogens is 346 g/mol. The van der Waals surface area contributed by atoms with Crippen LogP contribution in [0, 0.1) is 6.92 Å². The molecular formula is C16H24BrN3S. The zero-order valence-electron chi connectivity index (χ0n) is 13.2. The Morgan fingerprint density at radius 2 is 2.10 bits per heavy atom. The zero-order chi connectivity index (χ0) is 15.4. The molecule has 0 radical (unpaired) electrons. The SMILES string of the molecule is CCNC(Cc1c(Br)c(CC)nn1CC)c1ccc(C)s1. The molecule has 116 valence electrons. The first kappa shape index (κ1) is 16.7. The van der Waals surface area contributed by atoms with Gasteiger partial charge in [-0.25, -0.2) is 0 Å². The maximum absolute atomic E-state index is 4.70. The highest BCUT2D eigenvalue weighted by molar-refractivity contribution is 9.10. The zero-order valence-corrected chi connectivity index (χ0v) is 15.6. The maximum atomic E-state index is 4.70. The second-order valence-corrected chi connectivity index (χ2v) is 7.25. The fraction of sp³-hybridized carbons (Fsp3) is 0.562. The average molecular weight is 370 g/mol. The Morgan fingerprint density at radius 1 is 1.33 bits per heavy atom. The van der Waals surface area contributed by atoms with Gasteiger partial charge in [-0.2, -0.15) is 5.10 Å². The Labute approximate surface area is 139 Å². The number of halogens is 1. The summed E-state index contributed by atoms with van der Waals surface area (Å²) in [7, 11) is 0. The van der Waals surface area contributed by atoms with Crippen LogP contribution in [-0.2, 0) is 19.4 Å². The van der Waals surface area contributed by atoms with Crippen molar-refractivity contribution in [1.82, 2.24) is 15.1 Å². The van der Waals surface area contributed by atoms with Crippen molar-refractivity contribution in [3.8, 4) is 0 Å². The topological polar surface area (TPSA) is 29.9 Å². The third-order valence-corrected chi connectivity index (χ3v) is 5.68. The lowest BCUT2D eigenvalue weighted by Crippen LogP contribution is -2.23. The Kier molecular flexibility index (Phi) is 6.02. The summed E-state index contributed by atoms with van der Waals surface area (Å²) in [6.07, 6.45) is 1.93. The highest BCUT2D eigenvalue weighted by Crippen LogP contribution is 2.30. The molecule has 2 aromatic heterocycles. The summed E-state index contributed by atoms with van der Waals surface area (Å²) in [6.45, 7) is 10.5. The number of nitrogens with one attached hydrogen (secondary N) is 1. The quantitative estimate of drug-likeness (QED) is 0.778. The molecule has 0 saturated heterocycles. The van der Waals surface area contributed by atoms with Gasteiger partial charge in [0.1, 0.15) is 0 Å². The first-order valence-corrected chi connectivity index (χ1v) is 9.25. The van der Waals surface area contributed by atoms with E-state index in [2.05, 4.69) is 65.8 Å². The van der Waals surface area contributed by atoms with E-state index in [1.165, 1.54) is 19.9 Å². The molecule has 2 aromatic rings. The number of hydrogen-bond acceptors (Lipinski definition) is 3. The Balaban J connectivity index is 2.30. The van der Waals surface area contributed by atoms with Gasteiger partial charge in [0.25, 0.3) is 0 Å². The number of aromatic nitrogens is 2. The van der Waals surface area contributed by atoms with Crippen molar-refractivity contribution >= 4 is 27.3 Å². The van der Waals surface area contributed by atoms with E-state index in [1.54, 1.807) is 0 Å². The molecule has 0 aliphatic carbocycles. The third kappa shape index (κ3) is 3.76. The van der Waals surface area contributed by atoms with Gasteiger partial charge in [-0.15, -0.1) is 11.3 Å². The predicted molar refractivity (Wildman–Crippen MR) is 94.2 cm³/mol. The van der Waals surface area contributed by atoms with E-state index in [9.17, 15) is 0 Å². The molecule has 1 N–H and O–H groups in total. The van der Waals surface area contributed by atoms with Crippen LogP contribution in [0.25, 0.3) is 0 Å². The number of hydrogen-bond donors (Lipinski definition) is 1. The van der Waals surface area contributed by atoms with E-state index in [-0.39, 0.29) is 0 Å². The van der Waals surface area contributed by atoms with Crippen molar-refractivity contribution in [3.63, 3.8) is 0 Å². The number of likely N-dealkylation sites (N-methyl/N-ethyl adjacent to an activating group) is 1. The molecule has 0 saturated carbocycles. The number of aryl methyl sites for hydroxylation is 3. The van der Waals surface area contributed by atoms with Crippen LogP contribution in [0.1, 0.15) is 48.0 Å². The fourth-order valence-corrected chi connectivity index (χ4v) is 4.25. The van der Waals surface area contributed by atoms with Crippen molar-refractivity contribution in [2.45, 2.75) is 53.1 Å². The first-order chi connectivity index (χ1) is 10.1. The second-order valence-electron chi connectivity index (χ2n) is 5.14. The summed E-state index contributed by atoms with van der Waals surface area (Å²) in [5.41, 5.74) is 2.45. The van der Waals surface area contributed by atoms with Crippen LogP contribution in [0.5, 0.6) is 0 Å². The molecule has 0 amide bonds. The lowest BCUT2D eigenvalue weighted by atomic mass is 10.1. The van der Waals surface area contributed by atoms with Gasteiger partial charge in [-0.3, -0.25) is 4.68 Å². The van der Waals surface area contributed by atoms with Crippen LogP contribution in [0.15, 0.2) is 16.6 Å². The molecule has 3 nitrogen and oxygen atoms in total. The highest BCUT2D eigenvalue weighted by atomic mass is 79.9. The fourth-order valence-electron chi connectivity index (χ4n) is 2.57. The van der Waals surface area contributed by atoms with E-state index in [4.69, 9.17) is 5.10 Å². The summed E-state index contributed by atoms with van der Waals surface area (Å²) in [6, 6.07) is 4.81. The third-order valence-electron chi connectivity index (χ3n) is 3.65. The van der Waals surface area contributed by atoms with Crippen molar-refractivity contribution in [3.05, 3.63) is 37.7 Å². The molecule has 5 heteroatoms. The minimum absolute atomic E-state index is 0.358. The monoisotopic (exact) mass is 369 g/mol. The molecule has 2 heterocycles. The minimum Gasteiger partial charge on any atom is -0.309 e. The van der Waals surface area contributed by atoms with Crippen LogP contribution in [0.3, 0.4) is 0 Å². The normalized spacial score (nSPS) is 12.8. The lowest BCUT2D eigenvalue weighted by Gasteiger charge is -2.17. The van der Waals surface area contributed by atoms with Gasteiger partial charge in [0, 0.05) is 28.8 Å². The van der Waals surface area contributed by atoms with Gasteiger partial charge in [0.15, 0.2) is 0 Å². The van der Waals surface area contributed by atoms with E-state index in [0.29, 0.717) is 6.04 Å². The largest absolute Gasteiger partial charge is 0.309 e. The Hall–Kier alpha value is -0.650. The van der Waals surface area contributed by atoms with Gasteiger partial charge in [-0.1, -0.05) is 13.8 Å². The van der Waals surface area contributed by atoms with Crippen molar-refractivity contribution in [1.29, 1.82) is 0 Å². The van der Waals surface area contributed by atoms with Crippen molar-refractivity contribution in [2.75, 3.05) is 6.54 Å². The number of thiophene rings is 1. The van der Waals surface area contributed by atoms with Crippen LogP contribution < -0.4 is 5.32 Å². The van der Waals surface area contributed by atoms with E-state index in [0.717, 1.165) is 31.6 Å². The molecule has 2 rings (SSSR count). The molecule has 0 spiro atoms. The molecule has 0 bridgehead atoms. The Morgan fingerprint density at radius 3 is 2.62 bits per heavy atom. The predicted octanol–water partition coefficient (Wildman–Crippen LogP) is 4.49. The molecule has 1 atom stereocenters. The molecule has 21 heavy (non-hydrogen) atoms. The van der Waals surface area contributed by atoms with Crippen molar-refractivity contribution in [2.24, 2.45) is 0 Å². The van der Waals surface area contributed by atoms with Gasteiger partial charge in [-0.05, 0) is 54.9 Å². The van der Waals surface area contributed by atoms with Gasteiger partial charge < -0.3 is 5.32 Å². The van der Waals surface area contributed by atoms with Crippen LogP contribution in [0.2, 0.25) is 0 Å². The minimum atomic E-state index is 0.358. The maximum Gasteiger partial charge on any atom is 0.0766 e. The average Bonchev–Trinajstić information content (AvgIpc) is 3.03. The van der Waals surface area contributed by atoms with E-state index >= 15 is 0 Å². The summed E-state index contributed by atoms with van der Waals surface area (Å²) >= 11 is 5.63. The van der Waals surface area contributed by atoms with Crippen LogP contribution in [0.4, 0.5) is 0 Å². The molecule has 0 aliphatic rings. The van der Waals surface area contributed by atoms with Gasteiger partial charge >= 0.3 is 0 Å². The lowest BCUT2D eigenvalue weighted by molar-refractivity contribution is 0.521. The smallest absolute Gasteiger partial charge is 0.0766 e. The van der Waals surface area contributed by atoms with Crippen LogP contribution in [-0.4, -0.2) is 16.3 Å². The summed E-state index contributed by atoms with van der Waals surface area (Å²) < 4.78 is 3.32. The van der Waals surface area contributed by atoms with E-state index in [1.807, 2.05) is 11.3 Å².